The minimum Gasteiger partial charge on any atom is -0.491 e. The Morgan fingerprint density at radius 3 is 1.79 bits per heavy atom. The zero-order valence-corrected chi connectivity index (χ0v) is 17.1. The van der Waals surface area contributed by atoms with Gasteiger partial charge in [-0.05, 0) is 45.0 Å². The number of ether oxygens (including phenoxy) is 4. The average molecular weight is 405 g/mol. The number of Topliss-reactive ketones (excluding diaryl/α,β-unsaturated/α-hetero) is 1. The van der Waals surface area contributed by atoms with Crippen LogP contribution in [-0.2, 0) is 28.6 Å². The lowest BCUT2D eigenvalue weighted by atomic mass is 10.2. The molecular weight excluding hydrogens is 378 g/mol. The van der Waals surface area contributed by atoms with E-state index in [4.69, 9.17) is 18.9 Å². The van der Waals surface area contributed by atoms with Crippen molar-refractivity contribution in [2.24, 2.45) is 0 Å². The molecule has 2 rings (SSSR count). The second-order valence-corrected chi connectivity index (χ2v) is 6.52. The molecule has 0 aromatic heterocycles. The van der Waals surface area contributed by atoms with Crippen LogP contribution in [0.1, 0.15) is 20.8 Å². The molecule has 1 aliphatic rings. The summed E-state index contributed by atoms with van der Waals surface area (Å²) in [5, 5.41) is 0. The molecule has 0 aliphatic carbocycles. The van der Waals surface area contributed by atoms with Gasteiger partial charge in [-0.15, -0.1) is 0 Å². The Labute approximate surface area is 170 Å². The minimum atomic E-state index is -0.290. The number of benzene rings is 1. The summed E-state index contributed by atoms with van der Waals surface area (Å²) in [6, 6.07) is 6.78. The molecule has 0 atom stereocenters. The predicted molar refractivity (Wildman–Crippen MR) is 106 cm³/mol. The van der Waals surface area contributed by atoms with Gasteiger partial charge in [-0.1, -0.05) is 0 Å². The molecule has 1 aromatic rings. The van der Waals surface area contributed by atoms with Gasteiger partial charge >= 0.3 is 0 Å². The van der Waals surface area contributed by atoms with Crippen LogP contribution in [-0.4, -0.2) is 63.8 Å². The Bertz CT molecular complexity index is 731. The Kier molecular flexibility index (Phi) is 8.98. The maximum absolute atomic E-state index is 12.2. The minimum absolute atomic E-state index is 0.0109. The third-order valence-electron chi connectivity index (χ3n) is 4.25. The molecule has 0 fully saturated rings. The summed E-state index contributed by atoms with van der Waals surface area (Å²) in [6.07, 6.45) is 0. The number of hydrogen-bond donors (Lipinski definition) is 0. The van der Waals surface area contributed by atoms with E-state index in [-0.39, 0.29) is 24.2 Å². The molecule has 1 aliphatic heterocycles. The molecule has 0 saturated carbocycles. The zero-order valence-electron chi connectivity index (χ0n) is 17.1. The van der Waals surface area contributed by atoms with Gasteiger partial charge in [-0.3, -0.25) is 14.4 Å². The number of carbonyl (C=O) groups excluding carboxylic acids is 3. The van der Waals surface area contributed by atoms with Gasteiger partial charge < -0.3 is 18.9 Å². The van der Waals surface area contributed by atoms with E-state index in [1.54, 1.807) is 38.1 Å². The van der Waals surface area contributed by atoms with Crippen LogP contribution in [0, 0.1) is 0 Å². The Morgan fingerprint density at radius 1 is 0.793 bits per heavy atom. The number of nitrogens with zero attached hydrogens (tertiary/aromatic N) is 1. The summed E-state index contributed by atoms with van der Waals surface area (Å²) < 4.78 is 21.4. The molecule has 29 heavy (non-hydrogen) atoms. The number of amides is 2. The van der Waals surface area contributed by atoms with Crippen molar-refractivity contribution in [2.45, 2.75) is 20.8 Å². The van der Waals surface area contributed by atoms with E-state index >= 15 is 0 Å². The monoisotopic (exact) mass is 405 g/mol. The topological polar surface area (TPSA) is 91.4 Å². The fourth-order valence-corrected chi connectivity index (χ4v) is 2.55. The molecule has 0 spiro atoms. The van der Waals surface area contributed by atoms with Crippen molar-refractivity contribution in [1.29, 1.82) is 0 Å². The van der Waals surface area contributed by atoms with E-state index in [9.17, 15) is 14.4 Å². The van der Waals surface area contributed by atoms with Crippen LogP contribution < -0.4 is 9.64 Å². The highest BCUT2D eigenvalue weighted by Gasteiger charge is 2.34. The van der Waals surface area contributed by atoms with Gasteiger partial charge in [-0.25, -0.2) is 4.90 Å². The van der Waals surface area contributed by atoms with Gasteiger partial charge in [-0.2, -0.15) is 0 Å². The van der Waals surface area contributed by atoms with Crippen molar-refractivity contribution in [3.8, 4) is 5.75 Å². The Balaban J connectivity index is 1.59. The first-order valence-corrected chi connectivity index (χ1v) is 9.43. The number of carbonyl (C=O) groups is 3. The lowest BCUT2D eigenvalue weighted by Gasteiger charge is -2.15. The molecule has 0 unspecified atom stereocenters. The summed E-state index contributed by atoms with van der Waals surface area (Å²) >= 11 is 0. The lowest BCUT2D eigenvalue weighted by molar-refractivity contribution is -0.122. The third-order valence-corrected chi connectivity index (χ3v) is 4.25. The highest BCUT2D eigenvalue weighted by atomic mass is 16.6. The number of imide groups is 1. The fourth-order valence-electron chi connectivity index (χ4n) is 2.55. The van der Waals surface area contributed by atoms with Gasteiger partial charge in [0, 0.05) is 11.1 Å². The van der Waals surface area contributed by atoms with E-state index in [0.717, 1.165) is 0 Å². The number of ketones is 1. The van der Waals surface area contributed by atoms with Gasteiger partial charge in [0.05, 0.1) is 38.7 Å². The van der Waals surface area contributed by atoms with Gasteiger partial charge in [0.25, 0.3) is 11.8 Å². The molecule has 0 bridgehead atoms. The molecule has 8 nitrogen and oxygen atoms in total. The van der Waals surface area contributed by atoms with Gasteiger partial charge in [0.15, 0.2) is 5.78 Å². The Hall–Kier alpha value is -2.55. The molecule has 1 heterocycles. The normalized spacial score (nSPS) is 14.1. The fraction of sp³-hybridized carbons (Fsp3) is 0.476. The SMILES string of the molecule is CC(=O)COCCOCCOCCOc1ccc(N2C(=O)C(C)=C(C)C2=O)cc1. The summed E-state index contributed by atoms with van der Waals surface area (Å²) in [4.78, 5) is 36.2. The van der Waals surface area contributed by atoms with Crippen molar-refractivity contribution in [3.05, 3.63) is 35.4 Å². The third kappa shape index (κ3) is 6.77. The smallest absolute Gasteiger partial charge is 0.261 e. The number of anilines is 1. The van der Waals surface area contributed by atoms with Crippen LogP contribution in [0.2, 0.25) is 0 Å². The van der Waals surface area contributed by atoms with Crippen molar-refractivity contribution < 1.29 is 33.3 Å². The standard InChI is InChI=1S/C21H27NO7/c1-15(23)14-28-11-10-26-8-9-27-12-13-29-19-6-4-18(5-7-19)22-20(24)16(2)17(3)21(22)25/h4-7H,8-14H2,1-3H3. The maximum atomic E-state index is 12.2. The molecule has 8 heteroatoms. The highest BCUT2D eigenvalue weighted by molar-refractivity contribution is 6.32. The molecular formula is C21H27NO7. The molecule has 0 radical (unpaired) electrons. The molecule has 2 amide bonds. The van der Waals surface area contributed by atoms with Crippen molar-refractivity contribution >= 4 is 23.3 Å². The van der Waals surface area contributed by atoms with E-state index in [2.05, 4.69) is 0 Å². The van der Waals surface area contributed by atoms with Crippen molar-refractivity contribution in [3.63, 3.8) is 0 Å². The van der Waals surface area contributed by atoms with Crippen LogP contribution in [0.15, 0.2) is 35.4 Å². The van der Waals surface area contributed by atoms with E-state index in [1.165, 1.54) is 11.8 Å². The van der Waals surface area contributed by atoms with Crippen LogP contribution in [0.4, 0.5) is 5.69 Å². The summed E-state index contributed by atoms with van der Waals surface area (Å²) in [7, 11) is 0. The van der Waals surface area contributed by atoms with E-state index < -0.39 is 0 Å². The maximum Gasteiger partial charge on any atom is 0.261 e. The quantitative estimate of drug-likeness (QED) is 0.366. The molecule has 158 valence electrons. The second-order valence-electron chi connectivity index (χ2n) is 6.52. The van der Waals surface area contributed by atoms with Gasteiger partial charge in [0.2, 0.25) is 0 Å². The van der Waals surface area contributed by atoms with Crippen molar-refractivity contribution in [1.82, 2.24) is 0 Å². The van der Waals surface area contributed by atoms with Crippen LogP contribution >= 0.6 is 0 Å². The van der Waals surface area contributed by atoms with E-state index in [1.807, 2.05) is 0 Å². The molecule has 0 saturated heterocycles. The van der Waals surface area contributed by atoms with Crippen LogP contribution in [0.25, 0.3) is 0 Å². The average Bonchev–Trinajstić information content (AvgIpc) is 2.89. The van der Waals surface area contributed by atoms with Crippen molar-refractivity contribution in [2.75, 3.05) is 51.1 Å². The molecule has 0 N–H and O–H groups in total. The first-order chi connectivity index (χ1) is 13.9. The summed E-state index contributed by atoms with van der Waals surface area (Å²) in [5.74, 6) is 0.0318. The van der Waals surface area contributed by atoms with E-state index in [0.29, 0.717) is 62.2 Å². The first-order valence-electron chi connectivity index (χ1n) is 9.43. The molecule has 1 aromatic carbocycles. The zero-order chi connectivity index (χ0) is 21.2. The summed E-state index contributed by atoms with van der Waals surface area (Å²) in [5.41, 5.74) is 1.46. The first kappa shape index (κ1) is 22.7. The Morgan fingerprint density at radius 2 is 1.28 bits per heavy atom. The number of rotatable bonds is 13. The van der Waals surface area contributed by atoms with Crippen LogP contribution in [0.3, 0.4) is 0 Å². The van der Waals surface area contributed by atoms with Gasteiger partial charge in [0.1, 0.15) is 19.0 Å². The predicted octanol–water partition coefficient (Wildman–Crippen LogP) is 1.91. The number of hydrogen-bond acceptors (Lipinski definition) is 7. The summed E-state index contributed by atoms with van der Waals surface area (Å²) in [6.45, 7) is 7.31. The highest BCUT2D eigenvalue weighted by Crippen LogP contribution is 2.27. The second kappa shape index (κ2) is 11.5. The van der Waals surface area contributed by atoms with Crippen LogP contribution in [0.5, 0.6) is 5.75 Å². The largest absolute Gasteiger partial charge is 0.491 e. The lowest BCUT2D eigenvalue weighted by Crippen LogP contribution is -2.31.